The lowest BCUT2D eigenvalue weighted by atomic mass is 9.96. The first kappa shape index (κ1) is 24.4. The minimum absolute atomic E-state index is 0.171. The summed E-state index contributed by atoms with van der Waals surface area (Å²) in [4.78, 5) is 10.5. The van der Waals surface area contributed by atoms with Crippen LogP contribution < -0.4 is 0 Å². The van der Waals surface area contributed by atoms with Gasteiger partial charge in [0.2, 0.25) is 0 Å². The molecule has 0 aliphatic heterocycles. The fourth-order valence-electron chi connectivity index (χ4n) is 1.48. The molecule has 26 heavy (non-hydrogen) atoms. The quantitative estimate of drug-likeness (QED) is 0.291. The second-order valence-corrected chi connectivity index (χ2v) is 4.89. The van der Waals surface area contributed by atoms with Gasteiger partial charge < -0.3 is 4.74 Å². The van der Waals surface area contributed by atoms with Gasteiger partial charge in [-0.2, -0.15) is 48.3 Å². The van der Waals surface area contributed by atoms with E-state index in [0.29, 0.717) is 0 Å². The van der Waals surface area contributed by atoms with Gasteiger partial charge >= 0.3 is 36.0 Å². The molecular formula is C12H10F12O2. The third kappa shape index (κ3) is 4.96. The summed E-state index contributed by atoms with van der Waals surface area (Å²) in [6, 6.07) is 0. The Kier molecular flexibility index (Phi) is 7.07. The standard InChI is InChI=1S/C12H10F12O2/c1-2-7(25)26-12(23,24)11(21,22)10(19,20)9(17,18)6(13)4-3-5-8(14,15)16/h2,6H,1,3-5H2. The van der Waals surface area contributed by atoms with Gasteiger partial charge in [-0.1, -0.05) is 6.58 Å². The largest absolute Gasteiger partial charge is 0.473 e. The van der Waals surface area contributed by atoms with Crippen LogP contribution in [0.15, 0.2) is 12.7 Å². The van der Waals surface area contributed by atoms with E-state index in [2.05, 4.69) is 11.3 Å². The fourth-order valence-corrected chi connectivity index (χ4v) is 1.48. The molecule has 0 rings (SSSR count). The number of ether oxygens (including phenoxy) is 1. The van der Waals surface area contributed by atoms with Gasteiger partial charge in [0.25, 0.3) is 0 Å². The van der Waals surface area contributed by atoms with Crippen LogP contribution in [-0.2, 0) is 9.53 Å². The Morgan fingerprint density at radius 2 is 1.38 bits per heavy atom. The highest BCUT2D eigenvalue weighted by Gasteiger charge is 2.84. The maximum absolute atomic E-state index is 13.3. The Bertz CT molecular complexity index is 511. The Labute approximate surface area is 137 Å². The van der Waals surface area contributed by atoms with Gasteiger partial charge in [0.15, 0.2) is 6.17 Å². The van der Waals surface area contributed by atoms with E-state index in [1.165, 1.54) is 0 Å². The Balaban J connectivity index is 5.51. The average Bonchev–Trinajstić information content (AvgIpc) is 2.44. The van der Waals surface area contributed by atoms with Gasteiger partial charge in [0.05, 0.1) is 0 Å². The van der Waals surface area contributed by atoms with Crippen molar-refractivity contribution in [2.75, 3.05) is 0 Å². The Morgan fingerprint density at radius 3 is 1.77 bits per heavy atom. The second kappa shape index (κ2) is 7.55. The van der Waals surface area contributed by atoms with Crippen LogP contribution in [-0.4, -0.2) is 42.2 Å². The molecule has 0 N–H and O–H groups in total. The summed E-state index contributed by atoms with van der Waals surface area (Å²) < 4.78 is 157. The minimum Gasteiger partial charge on any atom is -0.393 e. The van der Waals surface area contributed by atoms with Crippen LogP contribution in [0.4, 0.5) is 52.7 Å². The van der Waals surface area contributed by atoms with Gasteiger partial charge in [-0.15, -0.1) is 0 Å². The number of alkyl halides is 12. The number of carbonyl (C=O) groups excluding carboxylic acids is 1. The average molecular weight is 414 g/mol. The second-order valence-electron chi connectivity index (χ2n) is 4.89. The van der Waals surface area contributed by atoms with Gasteiger partial charge in [-0.25, -0.2) is 9.18 Å². The third-order valence-corrected chi connectivity index (χ3v) is 2.89. The molecule has 0 amide bonds. The van der Waals surface area contributed by atoms with Crippen molar-refractivity contribution in [3.63, 3.8) is 0 Å². The highest BCUT2D eigenvalue weighted by Crippen LogP contribution is 2.55. The number of hydrogen-bond acceptors (Lipinski definition) is 2. The number of hydrogen-bond donors (Lipinski definition) is 0. The van der Waals surface area contributed by atoms with Crippen LogP contribution in [0.3, 0.4) is 0 Å². The molecule has 2 nitrogen and oxygen atoms in total. The molecule has 0 bridgehead atoms. The predicted molar refractivity (Wildman–Crippen MR) is 60.9 cm³/mol. The zero-order valence-corrected chi connectivity index (χ0v) is 12.3. The van der Waals surface area contributed by atoms with Crippen molar-refractivity contribution in [3.8, 4) is 0 Å². The van der Waals surface area contributed by atoms with E-state index >= 15 is 0 Å². The van der Waals surface area contributed by atoms with Crippen LogP contribution in [0.2, 0.25) is 0 Å². The molecule has 0 fully saturated rings. The summed E-state index contributed by atoms with van der Waals surface area (Å²) in [5.74, 6) is -23.1. The van der Waals surface area contributed by atoms with Crippen LogP contribution in [0.5, 0.6) is 0 Å². The molecular weight excluding hydrogens is 404 g/mol. The summed E-state index contributed by atoms with van der Waals surface area (Å²) in [6.07, 6.45) is -21.4. The molecule has 0 saturated heterocycles. The van der Waals surface area contributed by atoms with E-state index in [9.17, 15) is 57.5 Å². The zero-order valence-electron chi connectivity index (χ0n) is 12.3. The van der Waals surface area contributed by atoms with E-state index in [4.69, 9.17) is 0 Å². The normalized spacial score (nSPS) is 15.5. The van der Waals surface area contributed by atoms with Crippen LogP contribution >= 0.6 is 0 Å². The van der Waals surface area contributed by atoms with Crippen molar-refractivity contribution in [3.05, 3.63) is 12.7 Å². The smallest absolute Gasteiger partial charge is 0.393 e. The molecule has 0 aromatic heterocycles. The summed E-state index contributed by atoms with van der Waals surface area (Å²) in [5.41, 5.74) is 0. The lowest BCUT2D eigenvalue weighted by Gasteiger charge is -2.36. The van der Waals surface area contributed by atoms with Crippen molar-refractivity contribution in [2.24, 2.45) is 0 Å². The van der Waals surface area contributed by atoms with Crippen molar-refractivity contribution >= 4 is 5.97 Å². The first-order valence-corrected chi connectivity index (χ1v) is 6.41. The number of esters is 1. The predicted octanol–water partition coefficient (Wildman–Crippen LogP) is 5.29. The van der Waals surface area contributed by atoms with Crippen LogP contribution in [0.1, 0.15) is 19.3 Å². The van der Waals surface area contributed by atoms with Crippen molar-refractivity contribution in [2.45, 2.75) is 55.5 Å². The fraction of sp³-hybridized carbons (Fsp3) is 0.750. The first-order valence-electron chi connectivity index (χ1n) is 6.41. The molecule has 0 aromatic carbocycles. The summed E-state index contributed by atoms with van der Waals surface area (Å²) >= 11 is 0. The number of halogens is 12. The molecule has 0 aliphatic rings. The molecule has 0 aliphatic carbocycles. The Hall–Kier alpha value is -1.63. The van der Waals surface area contributed by atoms with E-state index < -0.39 is 61.5 Å². The number of carbonyl (C=O) groups is 1. The number of rotatable bonds is 9. The lowest BCUT2D eigenvalue weighted by molar-refractivity contribution is -0.421. The molecule has 0 heterocycles. The van der Waals surface area contributed by atoms with Gasteiger partial charge in [-0.05, 0) is 12.8 Å². The van der Waals surface area contributed by atoms with E-state index in [0.717, 1.165) is 0 Å². The minimum atomic E-state index is -7.12. The monoisotopic (exact) mass is 414 g/mol. The van der Waals surface area contributed by atoms with E-state index in [1.807, 2.05) is 0 Å². The van der Waals surface area contributed by atoms with Gasteiger partial charge in [-0.3, -0.25) is 0 Å². The maximum Gasteiger partial charge on any atom is 0.473 e. The van der Waals surface area contributed by atoms with Crippen LogP contribution in [0, 0.1) is 0 Å². The summed E-state index contributed by atoms with van der Waals surface area (Å²) in [5, 5.41) is 0. The third-order valence-electron chi connectivity index (χ3n) is 2.89. The lowest BCUT2D eigenvalue weighted by Crippen LogP contribution is -2.65. The molecule has 1 atom stereocenters. The van der Waals surface area contributed by atoms with E-state index in [-0.39, 0.29) is 6.08 Å². The molecule has 0 radical (unpaired) electrons. The SMILES string of the molecule is C=CC(=O)OC(F)(F)C(F)(F)C(F)(F)C(F)(F)C(F)CCCC(F)(F)F. The van der Waals surface area contributed by atoms with Crippen molar-refractivity contribution in [1.82, 2.24) is 0 Å². The summed E-state index contributed by atoms with van der Waals surface area (Å²) in [6.45, 7) is 2.48. The molecule has 154 valence electrons. The van der Waals surface area contributed by atoms with Crippen molar-refractivity contribution < 1.29 is 62.2 Å². The molecule has 1 unspecified atom stereocenters. The van der Waals surface area contributed by atoms with Gasteiger partial charge in [0.1, 0.15) is 0 Å². The van der Waals surface area contributed by atoms with Crippen molar-refractivity contribution in [1.29, 1.82) is 0 Å². The van der Waals surface area contributed by atoms with Gasteiger partial charge in [0, 0.05) is 12.5 Å². The van der Waals surface area contributed by atoms with Crippen LogP contribution in [0.25, 0.3) is 0 Å². The highest BCUT2D eigenvalue weighted by molar-refractivity contribution is 5.81. The molecule has 0 aromatic rings. The highest BCUT2D eigenvalue weighted by atomic mass is 19.4. The zero-order chi connectivity index (χ0) is 21.2. The Morgan fingerprint density at radius 1 is 0.923 bits per heavy atom. The maximum atomic E-state index is 13.3. The molecule has 0 spiro atoms. The summed E-state index contributed by atoms with van der Waals surface area (Å²) in [7, 11) is 0. The molecule has 0 saturated carbocycles. The van der Waals surface area contributed by atoms with E-state index in [1.54, 1.807) is 0 Å². The first-order chi connectivity index (χ1) is 11.3. The molecule has 14 heteroatoms. The topological polar surface area (TPSA) is 26.3 Å².